The van der Waals surface area contributed by atoms with E-state index in [1.165, 1.54) is 11.8 Å². The highest BCUT2D eigenvalue weighted by Gasteiger charge is 2.14. The maximum Gasteiger partial charge on any atom is 0.234 e. The van der Waals surface area contributed by atoms with Crippen molar-refractivity contribution in [1.29, 1.82) is 0 Å². The lowest BCUT2D eigenvalue weighted by Crippen LogP contribution is -2.15. The summed E-state index contributed by atoms with van der Waals surface area (Å²) in [5.74, 6) is -1.10. The molecule has 0 aliphatic rings. The van der Waals surface area contributed by atoms with E-state index in [0.29, 0.717) is 11.0 Å². The van der Waals surface area contributed by atoms with Gasteiger partial charge in [0.15, 0.2) is 5.16 Å². The smallest absolute Gasteiger partial charge is 0.234 e. The molecule has 8 heteroatoms. The van der Waals surface area contributed by atoms with Crippen LogP contribution in [-0.2, 0) is 4.79 Å². The lowest BCUT2D eigenvalue weighted by atomic mass is 10.2. The number of hydrogen-bond donors (Lipinski definition) is 1. The number of anilines is 1. The molecule has 26 heavy (non-hydrogen) atoms. The van der Waals surface area contributed by atoms with Gasteiger partial charge < -0.3 is 5.32 Å². The molecule has 0 aliphatic heterocycles. The monoisotopic (exact) mass is 374 g/mol. The number of halogens is 2. The summed E-state index contributed by atoms with van der Waals surface area (Å²) in [7, 11) is 0. The molecular formula is C18H16F2N4OS. The molecule has 1 aromatic heterocycles. The zero-order chi connectivity index (χ0) is 18.7. The molecule has 0 aliphatic carbocycles. The average molecular weight is 374 g/mol. The Kier molecular flexibility index (Phi) is 5.32. The molecular weight excluding hydrogens is 358 g/mol. The van der Waals surface area contributed by atoms with E-state index >= 15 is 0 Å². The molecule has 134 valence electrons. The standard InChI is InChI=1S/C18H16F2N4OS/c1-11-3-6-14(7-4-11)24-12(2)22-23-18(24)26-10-17(25)21-16-9-13(19)5-8-15(16)20/h3-9H,10H2,1-2H3,(H,21,25). The Morgan fingerprint density at radius 2 is 1.85 bits per heavy atom. The molecule has 1 heterocycles. The SMILES string of the molecule is Cc1ccc(-n2c(C)nnc2SCC(=O)Nc2cc(F)ccc2F)cc1. The van der Waals surface area contributed by atoms with E-state index < -0.39 is 17.5 Å². The van der Waals surface area contributed by atoms with Crippen molar-refractivity contribution in [2.45, 2.75) is 19.0 Å². The summed E-state index contributed by atoms with van der Waals surface area (Å²) in [6.07, 6.45) is 0. The van der Waals surface area contributed by atoms with Gasteiger partial charge in [-0.1, -0.05) is 29.5 Å². The molecule has 1 amide bonds. The number of nitrogens with zero attached hydrogens (tertiary/aromatic N) is 3. The fraction of sp³-hybridized carbons (Fsp3) is 0.167. The number of hydrogen-bond acceptors (Lipinski definition) is 4. The van der Waals surface area contributed by atoms with E-state index in [0.717, 1.165) is 29.4 Å². The Bertz CT molecular complexity index is 941. The van der Waals surface area contributed by atoms with E-state index in [9.17, 15) is 13.6 Å². The average Bonchev–Trinajstić information content (AvgIpc) is 2.98. The Morgan fingerprint density at radius 3 is 2.58 bits per heavy atom. The highest BCUT2D eigenvalue weighted by molar-refractivity contribution is 7.99. The molecule has 0 spiro atoms. The molecule has 1 N–H and O–H groups in total. The van der Waals surface area contributed by atoms with E-state index in [1.807, 2.05) is 42.7 Å². The number of aromatic nitrogens is 3. The van der Waals surface area contributed by atoms with Gasteiger partial charge >= 0.3 is 0 Å². The van der Waals surface area contributed by atoms with Crippen LogP contribution >= 0.6 is 11.8 Å². The molecule has 0 unspecified atom stereocenters. The molecule has 0 fully saturated rings. The Balaban J connectivity index is 1.71. The molecule has 0 bridgehead atoms. The summed E-state index contributed by atoms with van der Waals surface area (Å²) < 4.78 is 28.6. The first kappa shape index (κ1) is 18.1. The Labute approximate surface area is 153 Å². The fourth-order valence-electron chi connectivity index (χ4n) is 2.34. The van der Waals surface area contributed by atoms with Crippen molar-refractivity contribution in [2.24, 2.45) is 0 Å². The van der Waals surface area contributed by atoms with Crippen molar-refractivity contribution in [2.75, 3.05) is 11.1 Å². The molecule has 0 atom stereocenters. The number of thioether (sulfide) groups is 1. The van der Waals surface area contributed by atoms with Crippen LogP contribution in [0.25, 0.3) is 5.69 Å². The van der Waals surface area contributed by atoms with Crippen molar-refractivity contribution in [1.82, 2.24) is 14.8 Å². The summed E-state index contributed by atoms with van der Waals surface area (Å²) >= 11 is 1.17. The predicted octanol–water partition coefficient (Wildman–Crippen LogP) is 3.89. The van der Waals surface area contributed by atoms with Crippen molar-refractivity contribution >= 4 is 23.4 Å². The third-order valence-electron chi connectivity index (χ3n) is 3.62. The van der Waals surface area contributed by atoms with Gasteiger partial charge in [0.2, 0.25) is 5.91 Å². The maximum absolute atomic E-state index is 13.6. The zero-order valence-corrected chi connectivity index (χ0v) is 15.0. The first-order valence-corrected chi connectivity index (χ1v) is 8.79. The minimum Gasteiger partial charge on any atom is -0.323 e. The molecule has 0 saturated heterocycles. The summed E-state index contributed by atoms with van der Waals surface area (Å²) in [6, 6.07) is 10.7. The van der Waals surface area contributed by atoms with Crippen LogP contribution in [0.4, 0.5) is 14.5 Å². The Morgan fingerprint density at radius 1 is 1.12 bits per heavy atom. The topological polar surface area (TPSA) is 59.8 Å². The number of carbonyl (C=O) groups is 1. The van der Waals surface area contributed by atoms with Gasteiger partial charge in [0, 0.05) is 11.8 Å². The predicted molar refractivity (Wildman–Crippen MR) is 96.5 cm³/mol. The number of nitrogens with one attached hydrogen (secondary N) is 1. The van der Waals surface area contributed by atoms with Gasteiger partial charge in [0.05, 0.1) is 11.4 Å². The van der Waals surface area contributed by atoms with E-state index in [-0.39, 0.29) is 11.4 Å². The second-order valence-electron chi connectivity index (χ2n) is 5.66. The van der Waals surface area contributed by atoms with Crippen LogP contribution in [0.1, 0.15) is 11.4 Å². The zero-order valence-electron chi connectivity index (χ0n) is 14.2. The van der Waals surface area contributed by atoms with Crippen LogP contribution < -0.4 is 5.32 Å². The third kappa shape index (κ3) is 4.08. The summed E-state index contributed by atoms with van der Waals surface area (Å²) in [5.41, 5.74) is 1.83. The first-order valence-electron chi connectivity index (χ1n) is 7.81. The number of rotatable bonds is 5. The second-order valence-corrected chi connectivity index (χ2v) is 6.60. The van der Waals surface area contributed by atoms with Crippen LogP contribution in [0.5, 0.6) is 0 Å². The van der Waals surface area contributed by atoms with Gasteiger partial charge in [-0.15, -0.1) is 10.2 Å². The molecule has 0 saturated carbocycles. The van der Waals surface area contributed by atoms with Gasteiger partial charge in [-0.25, -0.2) is 8.78 Å². The number of benzene rings is 2. The molecule has 3 rings (SSSR count). The highest BCUT2D eigenvalue weighted by Crippen LogP contribution is 2.23. The van der Waals surface area contributed by atoms with Crippen molar-refractivity contribution < 1.29 is 13.6 Å². The van der Waals surface area contributed by atoms with Gasteiger partial charge in [0.25, 0.3) is 0 Å². The van der Waals surface area contributed by atoms with E-state index in [4.69, 9.17) is 0 Å². The van der Waals surface area contributed by atoms with Gasteiger partial charge in [-0.05, 0) is 38.1 Å². The number of carbonyl (C=O) groups excluding carboxylic acids is 1. The summed E-state index contributed by atoms with van der Waals surface area (Å²) in [6.45, 7) is 3.81. The maximum atomic E-state index is 13.6. The quantitative estimate of drug-likeness (QED) is 0.688. The largest absolute Gasteiger partial charge is 0.323 e. The van der Waals surface area contributed by atoms with Crippen LogP contribution in [-0.4, -0.2) is 26.4 Å². The highest BCUT2D eigenvalue weighted by atomic mass is 32.2. The van der Waals surface area contributed by atoms with Crippen LogP contribution in [0.2, 0.25) is 0 Å². The van der Waals surface area contributed by atoms with Crippen LogP contribution in [0, 0.1) is 25.5 Å². The van der Waals surface area contributed by atoms with E-state index in [2.05, 4.69) is 15.5 Å². The van der Waals surface area contributed by atoms with Gasteiger partial charge in [-0.2, -0.15) is 0 Å². The number of amides is 1. The van der Waals surface area contributed by atoms with E-state index in [1.54, 1.807) is 0 Å². The summed E-state index contributed by atoms with van der Waals surface area (Å²) in [4.78, 5) is 12.1. The normalized spacial score (nSPS) is 10.8. The lowest BCUT2D eigenvalue weighted by molar-refractivity contribution is -0.113. The molecule has 3 aromatic rings. The lowest BCUT2D eigenvalue weighted by Gasteiger charge is -2.09. The molecule has 2 aromatic carbocycles. The summed E-state index contributed by atoms with van der Waals surface area (Å²) in [5, 5.41) is 11.0. The van der Waals surface area contributed by atoms with Gasteiger partial charge in [-0.3, -0.25) is 9.36 Å². The van der Waals surface area contributed by atoms with Crippen LogP contribution in [0.15, 0.2) is 47.6 Å². The number of aryl methyl sites for hydroxylation is 2. The van der Waals surface area contributed by atoms with Crippen LogP contribution in [0.3, 0.4) is 0 Å². The van der Waals surface area contributed by atoms with Crippen molar-refractivity contribution in [3.05, 3.63) is 65.5 Å². The molecule has 5 nitrogen and oxygen atoms in total. The first-order chi connectivity index (χ1) is 12.4. The fourth-order valence-corrected chi connectivity index (χ4v) is 3.13. The van der Waals surface area contributed by atoms with Gasteiger partial charge in [0.1, 0.15) is 17.5 Å². The van der Waals surface area contributed by atoms with Crippen molar-refractivity contribution in [3.63, 3.8) is 0 Å². The Hall–Kier alpha value is -2.74. The third-order valence-corrected chi connectivity index (χ3v) is 4.55. The minimum atomic E-state index is -0.691. The minimum absolute atomic E-state index is 0.0139. The second kappa shape index (κ2) is 7.65. The molecule has 0 radical (unpaired) electrons. The van der Waals surface area contributed by atoms with Crippen molar-refractivity contribution in [3.8, 4) is 5.69 Å².